The minimum absolute atomic E-state index is 0.125. The number of nitrogens with zero attached hydrogens (tertiary/aromatic N) is 4. The molecule has 1 aromatic carbocycles. The van der Waals surface area contributed by atoms with Crippen LogP contribution in [0, 0.1) is 0 Å². The average molecular weight is 472 g/mol. The molecule has 0 spiro atoms. The zero-order valence-corrected chi connectivity index (χ0v) is 19.5. The van der Waals surface area contributed by atoms with E-state index in [2.05, 4.69) is 19.9 Å². The highest BCUT2D eigenvalue weighted by Gasteiger charge is 2.29. The SMILES string of the molecule is CCN(CC)C(=O)c1ccc(Oc2cc3nc(-c4ccccn4)[nH]c3cc2C2CCC(=O)O2)cn1. The molecule has 3 aromatic heterocycles. The summed E-state index contributed by atoms with van der Waals surface area (Å²) in [7, 11) is 0. The number of amides is 1. The van der Waals surface area contributed by atoms with Gasteiger partial charge < -0.3 is 19.4 Å². The molecule has 1 atom stereocenters. The summed E-state index contributed by atoms with van der Waals surface area (Å²) in [5, 5.41) is 0. The molecule has 4 aromatic rings. The molecule has 9 heteroatoms. The third-order valence-electron chi connectivity index (χ3n) is 5.99. The molecule has 1 aliphatic rings. The highest BCUT2D eigenvalue weighted by atomic mass is 16.6. The van der Waals surface area contributed by atoms with Crippen LogP contribution in [0.5, 0.6) is 11.5 Å². The quantitative estimate of drug-likeness (QED) is 0.390. The maximum atomic E-state index is 12.6. The number of aromatic amines is 1. The summed E-state index contributed by atoms with van der Waals surface area (Å²) >= 11 is 0. The van der Waals surface area contributed by atoms with Crippen molar-refractivity contribution in [3.05, 3.63) is 66.1 Å². The topological polar surface area (TPSA) is 110 Å². The monoisotopic (exact) mass is 471 g/mol. The average Bonchev–Trinajstić information content (AvgIpc) is 3.51. The third-order valence-corrected chi connectivity index (χ3v) is 5.99. The van der Waals surface area contributed by atoms with Gasteiger partial charge in [0.1, 0.15) is 29.0 Å². The van der Waals surface area contributed by atoms with E-state index < -0.39 is 6.10 Å². The number of H-pyrrole nitrogens is 1. The van der Waals surface area contributed by atoms with E-state index in [4.69, 9.17) is 9.47 Å². The van der Waals surface area contributed by atoms with E-state index in [0.717, 1.165) is 16.8 Å². The maximum Gasteiger partial charge on any atom is 0.306 e. The van der Waals surface area contributed by atoms with Crippen molar-refractivity contribution in [3.63, 3.8) is 0 Å². The first kappa shape index (κ1) is 22.5. The number of hydrogen-bond donors (Lipinski definition) is 1. The van der Waals surface area contributed by atoms with Gasteiger partial charge in [-0.1, -0.05) is 6.07 Å². The van der Waals surface area contributed by atoms with Gasteiger partial charge in [0.25, 0.3) is 5.91 Å². The van der Waals surface area contributed by atoms with Gasteiger partial charge >= 0.3 is 5.97 Å². The molecule has 1 unspecified atom stereocenters. The van der Waals surface area contributed by atoms with Gasteiger partial charge in [0.05, 0.1) is 17.2 Å². The zero-order chi connectivity index (χ0) is 24.4. The first-order valence-electron chi connectivity index (χ1n) is 11.6. The molecule has 1 fully saturated rings. The fourth-order valence-electron chi connectivity index (χ4n) is 4.13. The van der Waals surface area contributed by atoms with Crippen LogP contribution in [0.3, 0.4) is 0 Å². The maximum absolute atomic E-state index is 12.6. The van der Waals surface area contributed by atoms with Crippen molar-refractivity contribution in [1.82, 2.24) is 24.8 Å². The molecule has 5 rings (SSSR count). The molecule has 1 N–H and O–H groups in total. The van der Waals surface area contributed by atoms with Gasteiger partial charge in [-0.3, -0.25) is 14.6 Å². The fourth-order valence-corrected chi connectivity index (χ4v) is 4.13. The summed E-state index contributed by atoms with van der Waals surface area (Å²) < 4.78 is 11.7. The number of nitrogens with one attached hydrogen (secondary N) is 1. The molecule has 9 nitrogen and oxygen atoms in total. The minimum atomic E-state index is -0.417. The molecule has 35 heavy (non-hydrogen) atoms. The van der Waals surface area contributed by atoms with E-state index in [1.54, 1.807) is 23.2 Å². The highest BCUT2D eigenvalue weighted by Crippen LogP contribution is 2.39. The Morgan fingerprint density at radius 1 is 1.17 bits per heavy atom. The van der Waals surface area contributed by atoms with Crippen LogP contribution in [0.15, 0.2) is 54.9 Å². The van der Waals surface area contributed by atoms with Crippen molar-refractivity contribution in [2.45, 2.75) is 32.8 Å². The molecular formula is C26H25N5O4. The van der Waals surface area contributed by atoms with Gasteiger partial charge in [0, 0.05) is 37.3 Å². The number of aromatic nitrogens is 4. The molecule has 0 radical (unpaired) electrons. The predicted octanol–water partition coefficient (Wildman–Crippen LogP) is 4.67. The molecule has 1 amide bonds. The number of fused-ring (bicyclic) bond motifs is 1. The molecular weight excluding hydrogens is 446 g/mol. The number of imidazole rings is 1. The van der Waals surface area contributed by atoms with E-state index in [0.29, 0.717) is 54.5 Å². The summed E-state index contributed by atoms with van der Waals surface area (Å²) in [6.45, 7) is 5.09. The second-order valence-corrected chi connectivity index (χ2v) is 8.18. The van der Waals surface area contributed by atoms with Gasteiger partial charge in [0.2, 0.25) is 0 Å². The lowest BCUT2D eigenvalue weighted by Gasteiger charge is -2.18. The normalized spacial score (nSPS) is 15.3. The number of rotatable bonds is 7. The van der Waals surface area contributed by atoms with Crippen molar-refractivity contribution in [2.75, 3.05) is 13.1 Å². The second kappa shape index (κ2) is 9.54. The number of carbonyl (C=O) groups is 2. The Morgan fingerprint density at radius 3 is 2.69 bits per heavy atom. The largest absolute Gasteiger partial charge is 0.457 e. The van der Waals surface area contributed by atoms with E-state index in [1.807, 2.05) is 44.2 Å². The molecule has 0 aliphatic carbocycles. The van der Waals surface area contributed by atoms with Crippen LogP contribution in [0.4, 0.5) is 0 Å². The van der Waals surface area contributed by atoms with Gasteiger partial charge in [-0.25, -0.2) is 9.97 Å². The number of esters is 1. The summed E-state index contributed by atoms with van der Waals surface area (Å²) in [5.41, 5.74) is 3.29. The Labute approximate surface area is 202 Å². The predicted molar refractivity (Wildman–Crippen MR) is 129 cm³/mol. The molecule has 178 valence electrons. The molecule has 0 saturated carbocycles. The fraction of sp³-hybridized carbons (Fsp3) is 0.269. The van der Waals surface area contributed by atoms with Crippen LogP contribution >= 0.6 is 0 Å². The number of benzene rings is 1. The lowest BCUT2D eigenvalue weighted by atomic mass is 10.0. The Kier molecular flexibility index (Phi) is 6.13. The molecule has 1 aliphatic heterocycles. The Balaban J connectivity index is 1.49. The van der Waals surface area contributed by atoms with Crippen LogP contribution in [-0.2, 0) is 9.53 Å². The first-order chi connectivity index (χ1) is 17.1. The van der Waals surface area contributed by atoms with Crippen molar-refractivity contribution in [3.8, 4) is 23.0 Å². The number of cyclic esters (lactones) is 1. The van der Waals surface area contributed by atoms with E-state index >= 15 is 0 Å². The third kappa shape index (κ3) is 4.57. The standard InChI is InChI=1S/C26H25N5O4/c1-3-31(4-2)26(33)19-9-8-16(15-28-19)34-23-14-21-20(13-17(23)22-10-11-24(32)35-22)29-25(30-21)18-7-5-6-12-27-18/h5-9,12-15,22H,3-4,10-11H2,1-2H3,(H,29,30). The zero-order valence-electron chi connectivity index (χ0n) is 19.5. The summed E-state index contributed by atoms with van der Waals surface area (Å²) in [6.07, 6.45) is 3.74. The Bertz CT molecular complexity index is 1360. The second-order valence-electron chi connectivity index (χ2n) is 8.18. The number of pyridine rings is 2. The van der Waals surface area contributed by atoms with Crippen molar-refractivity contribution in [1.29, 1.82) is 0 Å². The molecule has 1 saturated heterocycles. The lowest BCUT2D eigenvalue weighted by Crippen LogP contribution is -2.31. The number of hydrogen-bond acceptors (Lipinski definition) is 7. The van der Waals surface area contributed by atoms with Crippen LogP contribution < -0.4 is 4.74 Å². The van der Waals surface area contributed by atoms with Crippen LogP contribution in [0.2, 0.25) is 0 Å². The Morgan fingerprint density at radius 2 is 2.03 bits per heavy atom. The van der Waals surface area contributed by atoms with E-state index in [-0.39, 0.29) is 11.9 Å². The van der Waals surface area contributed by atoms with Crippen molar-refractivity contribution >= 4 is 22.9 Å². The highest BCUT2D eigenvalue weighted by molar-refractivity contribution is 5.92. The van der Waals surface area contributed by atoms with E-state index in [9.17, 15) is 9.59 Å². The van der Waals surface area contributed by atoms with Crippen LogP contribution in [0.25, 0.3) is 22.6 Å². The summed E-state index contributed by atoms with van der Waals surface area (Å²) in [6, 6.07) is 12.7. The van der Waals surface area contributed by atoms with Crippen LogP contribution in [0.1, 0.15) is 48.8 Å². The van der Waals surface area contributed by atoms with Crippen molar-refractivity contribution < 1.29 is 19.1 Å². The van der Waals surface area contributed by atoms with E-state index in [1.165, 1.54) is 6.20 Å². The first-order valence-corrected chi connectivity index (χ1v) is 11.6. The Hall–Kier alpha value is -4.27. The number of ether oxygens (including phenoxy) is 2. The summed E-state index contributed by atoms with van der Waals surface area (Å²) in [4.78, 5) is 42.7. The minimum Gasteiger partial charge on any atom is -0.457 e. The van der Waals surface area contributed by atoms with Gasteiger partial charge in [-0.15, -0.1) is 0 Å². The number of carbonyl (C=O) groups excluding carboxylic acids is 2. The van der Waals surface area contributed by atoms with Gasteiger partial charge in [-0.05, 0) is 50.6 Å². The van der Waals surface area contributed by atoms with Crippen molar-refractivity contribution in [2.24, 2.45) is 0 Å². The van der Waals surface area contributed by atoms with Crippen LogP contribution in [-0.4, -0.2) is 49.8 Å². The van der Waals surface area contributed by atoms with Gasteiger partial charge in [0.15, 0.2) is 5.82 Å². The smallest absolute Gasteiger partial charge is 0.306 e. The summed E-state index contributed by atoms with van der Waals surface area (Å²) in [5.74, 6) is 1.25. The molecule has 0 bridgehead atoms. The lowest BCUT2D eigenvalue weighted by molar-refractivity contribution is -0.141. The molecule has 4 heterocycles. The van der Waals surface area contributed by atoms with Gasteiger partial charge in [-0.2, -0.15) is 0 Å².